The molecule has 0 aliphatic heterocycles. The minimum absolute atomic E-state index is 0.247. The lowest BCUT2D eigenvalue weighted by Gasteiger charge is -2.00. The number of hydrogen-bond donors (Lipinski definition) is 0. The maximum Gasteiger partial charge on any atom is 0.213 e. The molecule has 1 aromatic carbocycles. The molecule has 0 fully saturated rings. The summed E-state index contributed by atoms with van der Waals surface area (Å²) < 4.78 is 18.0. The summed E-state index contributed by atoms with van der Waals surface area (Å²) in [5.74, 6) is 0.309. The standard InChI is InChI=1S/C15H11FN2OS/c1-19-14-8-11(6-7-17-14)15-18-13(9-20-15)10-2-4-12(16)5-3-10/h2-9H,1H3. The van der Waals surface area contributed by atoms with Crippen LogP contribution in [0.1, 0.15) is 0 Å². The number of thiazole rings is 1. The number of benzene rings is 1. The van der Waals surface area contributed by atoms with Gasteiger partial charge in [0.25, 0.3) is 0 Å². The number of ether oxygens (including phenoxy) is 1. The molecule has 2 aromatic heterocycles. The average molecular weight is 286 g/mol. The zero-order chi connectivity index (χ0) is 13.9. The van der Waals surface area contributed by atoms with Gasteiger partial charge in [-0.25, -0.2) is 14.4 Å². The molecule has 0 aliphatic rings. The fraction of sp³-hybridized carbons (Fsp3) is 0.0667. The van der Waals surface area contributed by atoms with Crippen molar-refractivity contribution in [3.8, 4) is 27.7 Å². The van der Waals surface area contributed by atoms with Crippen molar-refractivity contribution in [3.63, 3.8) is 0 Å². The first-order valence-corrected chi connectivity index (χ1v) is 6.86. The number of hydrogen-bond acceptors (Lipinski definition) is 4. The summed E-state index contributed by atoms with van der Waals surface area (Å²) in [6, 6.07) is 10.0. The first kappa shape index (κ1) is 12.7. The predicted molar refractivity (Wildman–Crippen MR) is 77.3 cm³/mol. The molecule has 3 rings (SSSR count). The molecule has 0 unspecified atom stereocenters. The molecule has 100 valence electrons. The SMILES string of the molecule is COc1cc(-c2nc(-c3ccc(F)cc3)cs2)ccn1. The van der Waals surface area contributed by atoms with Gasteiger partial charge in [0, 0.05) is 28.8 Å². The maximum atomic E-state index is 12.9. The fourth-order valence-corrected chi connectivity index (χ4v) is 2.64. The smallest absolute Gasteiger partial charge is 0.213 e. The van der Waals surface area contributed by atoms with Crippen LogP contribution < -0.4 is 4.74 Å². The normalized spacial score (nSPS) is 10.5. The van der Waals surface area contributed by atoms with E-state index in [1.54, 1.807) is 25.4 Å². The Kier molecular flexibility index (Phi) is 3.43. The van der Waals surface area contributed by atoms with Crippen molar-refractivity contribution in [2.45, 2.75) is 0 Å². The van der Waals surface area contributed by atoms with Gasteiger partial charge in [-0.3, -0.25) is 0 Å². The van der Waals surface area contributed by atoms with Gasteiger partial charge in [-0.1, -0.05) is 0 Å². The third-order valence-corrected chi connectivity index (χ3v) is 3.73. The number of methoxy groups -OCH3 is 1. The van der Waals surface area contributed by atoms with Crippen LogP contribution in [0.2, 0.25) is 0 Å². The van der Waals surface area contributed by atoms with Crippen LogP contribution >= 0.6 is 11.3 Å². The number of aromatic nitrogens is 2. The van der Waals surface area contributed by atoms with Gasteiger partial charge in [0.2, 0.25) is 5.88 Å². The Balaban J connectivity index is 1.95. The lowest BCUT2D eigenvalue weighted by molar-refractivity contribution is 0.398. The summed E-state index contributed by atoms with van der Waals surface area (Å²) in [6.45, 7) is 0. The Morgan fingerprint density at radius 1 is 1.10 bits per heavy atom. The molecule has 0 aliphatic carbocycles. The number of halogens is 1. The first-order chi connectivity index (χ1) is 9.76. The Hall–Kier alpha value is -2.27. The van der Waals surface area contributed by atoms with Crippen molar-refractivity contribution in [3.05, 3.63) is 53.8 Å². The lowest BCUT2D eigenvalue weighted by atomic mass is 10.2. The van der Waals surface area contributed by atoms with Crippen LogP contribution in [0.25, 0.3) is 21.8 Å². The molecule has 0 saturated carbocycles. The summed E-state index contributed by atoms with van der Waals surface area (Å²) in [5, 5.41) is 2.83. The van der Waals surface area contributed by atoms with Crippen LogP contribution in [0.3, 0.4) is 0 Å². The summed E-state index contributed by atoms with van der Waals surface area (Å²) in [5.41, 5.74) is 2.69. The van der Waals surface area contributed by atoms with Crippen molar-refractivity contribution in [2.75, 3.05) is 7.11 Å². The van der Waals surface area contributed by atoms with Crippen LogP contribution in [0.4, 0.5) is 4.39 Å². The van der Waals surface area contributed by atoms with Gasteiger partial charge in [0.05, 0.1) is 12.8 Å². The molecule has 0 atom stereocenters. The fourth-order valence-electron chi connectivity index (χ4n) is 1.81. The monoisotopic (exact) mass is 286 g/mol. The van der Waals surface area contributed by atoms with E-state index in [-0.39, 0.29) is 5.82 Å². The van der Waals surface area contributed by atoms with E-state index in [2.05, 4.69) is 9.97 Å². The van der Waals surface area contributed by atoms with Crippen molar-refractivity contribution < 1.29 is 9.13 Å². The molecule has 0 N–H and O–H groups in total. The minimum Gasteiger partial charge on any atom is -0.481 e. The Morgan fingerprint density at radius 3 is 2.65 bits per heavy atom. The second-order valence-corrected chi connectivity index (χ2v) is 4.99. The van der Waals surface area contributed by atoms with Gasteiger partial charge >= 0.3 is 0 Å². The highest BCUT2D eigenvalue weighted by molar-refractivity contribution is 7.13. The lowest BCUT2D eigenvalue weighted by Crippen LogP contribution is -1.87. The van der Waals surface area contributed by atoms with Gasteiger partial charge in [0.15, 0.2) is 0 Å². The number of nitrogens with zero attached hydrogens (tertiary/aromatic N) is 2. The van der Waals surface area contributed by atoms with E-state index in [9.17, 15) is 4.39 Å². The molecule has 3 aromatic rings. The predicted octanol–water partition coefficient (Wildman–Crippen LogP) is 4.02. The van der Waals surface area contributed by atoms with E-state index >= 15 is 0 Å². The van der Waals surface area contributed by atoms with Gasteiger partial charge < -0.3 is 4.74 Å². The third kappa shape index (κ3) is 2.53. The highest BCUT2D eigenvalue weighted by atomic mass is 32.1. The number of rotatable bonds is 3. The molecule has 5 heteroatoms. The Labute approximate surface area is 119 Å². The van der Waals surface area contributed by atoms with Crippen LogP contribution in [0.5, 0.6) is 5.88 Å². The van der Waals surface area contributed by atoms with E-state index in [1.165, 1.54) is 23.5 Å². The molecule has 2 heterocycles. The molecule has 0 bridgehead atoms. The van der Waals surface area contributed by atoms with Gasteiger partial charge in [-0.05, 0) is 30.3 Å². The summed E-state index contributed by atoms with van der Waals surface area (Å²) in [6.07, 6.45) is 1.69. The number of pyridine rings is 1. The van der Waals surface area contributed by atoms with Crippen molar-refractivity contribution in [2.24, 2.45) is 0 Å². The Morgan fingerprint density at radius 2 is 1.90 bits per heavy atom. The molecular formula is C15H11FN2OS. The first-order valence-electron chi connectivity index (χ1n) is 5.98. The topological polar surface area (TPSA) is 35.0 Å². The quantitative estimate of drug-likeness (QED) is 0.729. The molecule has 0 radical (unpaired) electrons. The van der Waals surface area contributed by atoms with E-state index in [1.807, 2.05) is 17.5 Å². The summed E-state index contributed by atoms with van der Waals surface area (Å²) >= 11 is 1.53. The van der Waals surface area contributed by atoms with E-state index in [0.29, 0.717) is 5.88 Å². The molecule has 0 saturated heterocycles. The molecule has 0 amide bonds. The van der Waals surface area contributed by atoms with Crippen LogP contribution in [-0.2, 0) is 0 Å². The summed E-state index contributed by atoms with van der Waals surface area (Å²) in [4.78, 5) is 8.64. The van der Waals surface area contributed by atoms with Crippen LogP contribution in [0, 0.1) is 5.82 Å². The van der Waals surface area contributed by atoms with Crippen molar-refractivity contribution >= 4 is 11.3 Å². The second kappa shape index (κ2) is 5.38. The second-order valence-electron chi connectivity index (χ2n) is 4.13. The highest BCUT2D eigenvalue weighted by Crippen LogP contribution is 2.29. The third-order valence-electron chi connectivity index (χ3n) is 2.84. The van der Waals surface area contributed by atoms with E-state index in [0.717, 1.165) is 21.8 Å². The minimum atomic E-state index is -0.247. The molecule has 3 nitrogen and oxygen atoms in total. The van der Waals surface area contributed by atoms with Gasteiger partial charge in [-0.15, -0.1) is 11.3 Å². The maximum absolute atomic E-state index is 12.9. The molecule has 0 spiro atoms. The Bertz CT molecular complexity index is 725. The van der Waals surface area contributed by atoms with Gasteiger partial charge in [0.1, 0.15) is 10.8 Å². The van der Waals surface area contributed by atoms with E-state index < -0.39 is 0 Å². The van der Waals surface area contributed by atoms with Crippen molar-refractivity contribution in [1.29, 1.82) is 0 Å². The molecule has 20 heavy (non-hydrogen) atoms. The largest absolute Gasteiger partial charge is 0.481 e. The van der Waals surface area contributed by atoms with Crippen molar-refractivity contribution in [1.82, 2.24) is 9.97 Å². The summed E-state index contributed by atoms with van der Waals surface area (Å²) in [7, 11) is 1.58. The zero-order valence-electron chi connectivity index (χ0n) is 10.7. The molecular weight excluding hydrogens is 275 g/mol. The van der Waals surface area contributed by atoms with Gasteiger partial charge in [-0.2, -0.15) is 0 Å². The highest BCUT2D eigenvalue weighted by Gasteiger charge is 2.08. The van der Waals surface area contributed by atoms with E-state index in [4.69, 9.17) is 4.74 Å². The van der Waals surface area contributed by atoms with Crippen LogP contribution in [0.15, 0.2) is 48.0 Å². The van der Waals surface area contributed by atoms with Crippen LogP contribution in [-0.4, -0.2) is 17.1 Å². The average Bonchev–Trinajstić information content (AvgIpc) is 2.98. The zero-order valence-corrected chi connectivity index (χ0v) is 11.5.